The van der Waals surface area contributed by atoms with Gasteiger partial charge < -0.3 is 15.0 Å². The van der Waals surface area contributed by atoms with E-state index < -0.39 is 0 Å². The number of carbonyl (C=O) groups excluding carboxylic acids is 1. The molecule has 1 aliphatic rings. The molecular formula is C23H23N3O2. The molecule has 5 nitrogen and oxygen atoms in total. The zero-order chi connectivity index (χ0) is 19.3. The standard InChI is InChI=1S/C23H23N3O2/c1-26(22(17-9-3-2-4-10-17)20-12-7-8-15-24-20)23(27)25-19-14-16-28-21-13-6-5-11-18(19)21/h2-13,15,19,22H,14,16H2,1H3,(H,25,27)/t19-,22-/m1/s1. The normalized spacial score (nSPS) is 16.4. The van der Waals surface area contributed by atoms with Crippen molar-refractivity contribution in [2.45, 2.75) is 18.5 Å². The largest absolute Gasteiger partial charge is 0.493 e. The predicted molar refractivity (Wildman–Crippen MR) is 108 cm³/mol. The Bertz CT molecular complexity index is 891. The molecule has 28 heavy (non-hydrogen) atoms. The third-order valence-corrected chi connectivity index (χ3v) is 5.05. The molecule has 0 saturated heterocycles. The van der Waals surface area contributed by atoms with Crippen LogP contribution in [-0.4, -0.2) is 29.6 Å². The predicted octanol–water partition coefficient (Wildman–Crippen LogP) is 4.34. The van der Waals surface area contributed by atoms with E-state index in [9.17, 15) is 4.79 Å². The van der Waals surface area contributed by atoms with Crippen molar-refractivity contribution in [3.05, 3.63) is 95.8 Å². The first-order chi connectivity index (χ1) is 13.7. The van der Waals surface area contributed by atoms with Gasteiger partial charge in [-0.15, -0.1) is 0 Å². The molecule has 0 spiro atoms. The van der Waals surface area contributed by atoms with E-state index in [1.165, 1.54) is 0 Å². The van der Waals surface area contributed by atoms with Crippen LogP contribution in [0.3, 0.4) is 0 Å². The molecule has 0 unspecified atom stereocenters. The van der Waals surface area contributed by atoms with Crippen LogP contribution >= 0.6 is 0 Å². The summed E-state index contributed by atoms with van der Waals surface area (Å²) in [4.78, 5) is 19.4. The summed E-state index contributed by atoms with van der Waals surface area (Å²) >= 11 is 0. The molecule has 2 amide bonds. The third kappa shape index (κ3) is 3.69. The van der Waals surface area contributed by atoms with Crippen LogP contribution in [0.1, 0.15) is 35.3 Å². The van der Waals surface area contributed by atoms with Gasteiger partial charge in [0, 0.05) is 25.2 Å². The number of benzene rings is 2. The minimum atomic E-state index is -0.266. The Labute approximate surface area is 165 Å². The van der Waals surface area contributed by atoms with Gasteiger partial charge in [0.05, 0.1) is 18.3 Å². The topological polar surface area (TPSA) is 54.5 Å². The van der Waals surface area contributed by atoms with Crippen LogP contribution in [0.2, 0.25) is 0 Å². The summed E-state index contributed by atoms with van der Waals surface area (Å²) in [6, 6.07) is 23.1. The number of para-hydroxylation sites is 1. The number of nitrogens with one attached hydrogen (secondary N) is 1. The van der Waals surface area contributed by atoms with E-state index in [4.69, 9.17) is 4.74 Å². The summed E-state index contributed by atoms with van der Waals surface area (Å²) in [7, 11) is 1.81. The Morgan fingerprint density at radius 2 is 1.82 bits per heavy atom. The first kappa shape index (κ1) is 18.0. The van der Waals surface area contributed by atoms with Crippen molar-refractivity contribution in [3.8, 4) is 5.75 Å². The Morgan fingerprint density at radius 3 is 2.61 bits per heavy atom. The molecule has 0 fully saturated rings. The fourth-order valence-electron chi connectivity index (χ4n) is 3.63. The molecule has 2 heterocycles. The van der Waals surface area contributed by atoms with Crippen molar-refractivity contribution in [3.63, 3.8) is 0 Å². The summed E-state index contributed by atoms with van der Waals surface area (Å²) in [5, 5.41) is 3.17. The Balaban J connectivity index is 1.59. The molecule has 0 bridgehead atoms. The second-order valence-corrected chi connectivity index (χ2v) is 6.86. The van der Waals surface area contributed by atoms with Crippen molar-refractivity contribution in [1.29, 1.82) is 0 Å². The average molecular weight is 373 g/mol. The van der Waals surface area contributed by atoms with Crippen LogP contribution in [0, 0.1) is 0 Å². The lowest BCUT2D eigenvalue weighted by Crippen LogP contribution is -2.43. The number of fused-ring (bicyclic) bond motifs is 1. The van der Waals surface area contributed by atoms with Crippen molar-refractivity contribution < 1.29 is 9.53 Å². The highest BCUT2D eigenvalue weighted by Gasteiger charge is 2.28. The van der Waals surface area contributed by atoms with E-state index in [1.54, 1.807) is 11.1 Å². The fourth-order valence-corrected chi connectivity index (χ4v) is 3.63. The van der Waals surface area contributed by atoms with E-state index in [1.807, 2.05) is 79.8 Å². The maximum absolute atomic E-state index is 13.2. The first-order valence-corrected chi connectivity index (χ1v) is 9.45. The first-order valence-electron chi connectivity index (χ1n) is 9.45. The highest BCUT2D eigenvalue weighted by molar-refractivity contribution is 5.75. The molecule has 4 rings (SSSR count). The van der Waals surface area contributed by atoms with Gasteiger partial charge in [0.15, 0.2) is 0 Å². The molecule has 142 valence electrons. The van der Waals surface area contributed by atoms with Crippen molar-refractivity contribution in [2.75, 3.05) is 13.7 Å². The van der Waals surface area contributed by atoms with E-state index in [-0.39, 0.29) is 18.1 Å². The van der Waals surface area contributed by atoms with E-state index in [0.717, 1.165) is 29.0 Å². The van der Waals surface area contributed by atoms with Crippen LogP contribution in [-0.2, 0) is 0 Å². The van der Waals surface area contributed by atoms with Crippen molar-refractivity contribution in [2.24, 2.45) is 0 Å². The molecule has 5 heteroatoms. The molecule has 0 saturated carbocycles. The number of hydrogen-bond donors (Lipinski definition) is 1. The summed E-state index contributed by atoms with van der Waals surface area (Å²) in [5.74, 6) is 0.839. The van der Waals surface area contributed by atoms with Gasteiger partial charge in [0.2, 0.25) is 0 Å². The van der Waals surface area contributed by atoms with Crippen LogP contribution in [0.25, 0.3) is 0 Å². The smallest absolute Gasteiger partial charge is 0.318 e. The highest BCUT2D eigenvalue weighted by atomic mass is 16.5. The van der Waals surface area contributed by atoms with E-state index >= 15 is 0 Å². The van der Waals surface area contributed by atoms with Crippen LogP contribution in [0.4, 0.5) is 4.79 Å². The monoisotopic (exact) mass is 373 g/mol. The minimum Gasteiger partial charge on any atom is -0.493 e. The summed E-state index contributed by atoms with van der Waals surface area (Å²) in [6.45, 7) is 0.591. The second-order valence-electron chi connectivity index (χ2n) is 6.86. The molecule has 1 N–H and O–H groups in total. The zero-order valence-corrected chi connectivity index (χ0v) is 15.8. The number of amides is 2. The van der Waals surface area contributed by atoms with E-state index in [0.29, 0.717) is 6.61 Å². The summed E-state index contributed by atoms with van der Waals surface area (Å²) < 4.78 is 5.71. The van der Waals surface area contributed by atoms with Crippen molar-refractivity contribution in [1.82, 2.24) is 15.2 Å². The lowest BCUT2D eigenvalue weighted by atomic mass is 10.00. The Hall–Kier alpha value is -3.34. The van der Waals surface area contributed by atoms with Gasteiger partial charge in [-0.05, 0) is 23.8 Å². The number of nitrogens with zero attached hydrogens (tertiary/aromatic N) is 2. The van der Waals surface area contributed by atoms with Crippen LogP contribution in [0.5, 0.6) is 5.75 Å². The van der Waals surface area contributed by atoms with Crippen molar-refractivity contribution >= 4 is 6.03 Å². The van der Waals surface area contributed by atoms with Gasteiger partial charge >= 0.3 is 6.03 Å². The zero-order valence-electron chi connectivity index (χ0n) is 15.8. The summed E-state index contributed by atoms with van der Waals surface area (Å²) in [6.07, 6.45) is 2.50. The van der Waals surface area contributed by atoms with Gasteiger partial charge in [-0.1, -0.05) is 54.6 Å². The molecular weight excluding hydrogens is 350 g/mol. The Morgan fingerprint density at radius 1 is 1.07 bits per heavy atom. The molecule has 2 atom stereocenters. The lowest BCUT2D eigenvalue weighted by molar-refractivity contribution is 0.186. The number of carbonyl (C=O) groups is 1. The molecule has 2 aromatic carbocycles. The number of urea groups is 1. The highest BCUT2D eigenvalue weighted by Crippen LogP contribution is 2.32. The van der Waals surface area contributed by atoms with Gasteiger partial charge in [-0.2, -0.15) is 0 Å². The minimum absolute atomic E-state index is 0.0694. The summed E-state index contributed by atoms with van der Waals surface area (Å²) in [5.41, 5.74) is 2.87. The number of pyridine rings is 1. The SMILES string of the molecule is CN(C(=O)N[C@@H]1CCOc2ccccc21)[C@H](c1ccccc1)c1ccccn1. The second kappa shape index (κ2) is 8.13. The lowest BCUT2D eigenvalue weighted by Gasteiger charge is -2.32. The number of rotatable bonds is 4. The fraction of sp³-hybridized carbons (Fsp3) is 0.217. The van der Waals surface area contributed by atoms with Crippen LogP contribution in [0.15, 0.2) is 79.0 Å². The van der Waals surface area contributed by atoms with Crippen LogP contribution < -0.4 is 10.1 Å². The van der Waals surface area contributed by atoms with Gasteiger partial charge in [-0.25, -0.2) is 4.79 Å². The molecule has 1 aromatic heterocycles. The van der Waals surface area contributed by atoms with Gasteiger partial charge in [0.1, 0.15) is 11.8 Å². The maximum atomic E-state index is 13.2. The number of aromatic nitrogens is 1. The van der Waals surface area contributed by atoms with Gasteiger partial charge in [-0.3, -0.25) is 4.98 Å². The maximum Gasteiger partial charge on any atom is 0.318 e. The average Bonchev–Trinajstić information content (AvgIpc) is 2.75. The number of ether oxygens (including phenoxy) is 1. The van der Waals surface area contributed by atoms with E-state index in [2.05, 4.69) is 10.3 Å². The quantitative estimate of drug-likeness (QED) is 0.740. The Kier molecular flexibility index (Phi) is 5.24. The number of hydrogen-bond acceptors (Lipinski definition) is 3. The van der Waals surface area contributed by atoms with Gasteiger partial charge in [0.25, 0.3) is 0 Å². The molecule has 0 radical (unpaired) electrons. The molecule has 1 aliphatic heterocycles. The molecule has 0 aliphatic carbocycles. The third-order valence-electron chi connectivity index (χ3n) is 5.05. The molecule has 3 aromatic rings.